The molecule has 1 N–H and O–H groups in total. The van der Waals surface area contributed by atoms with Gasteiger partial charge in [0.05, 0.1) is 6.26 Å². The Morgan fingerprint density at radius 2 is 2.38 bits per heavy atom. The van der Waals surface area contributed by atoms with Gasteiger partial charge in [0, 0.05) is 0 Å². The van der Waals surface area contributed by atoms with Crippen LogP contribution in [-0.4, -0.2) is 5.11 Å². The Labute approximate surface area is 52.3 Å². The third-order valence-electron chi connectivity index (χ3n) is 0.435. The van der Waals surface area contributed by atoms with Crippen molar-refractivity contribution in [3.63, 3.8) is 0 Å². The molecule has 0 aromatic rings. The first-order valence-electron chi connectivity index (χ1n) is 1.88. The minimum atomic E-state index is 0.0512. The molecule has 42 valence electrons. The smallest absolute Gasteiger partial charge is 0.118 e. The van der Waals surface area contributed by atoms with E-state index in [1.165, 1.54) is 12.2 Å². The molecule has 0 aliphatic rings. The number of aliphatic hydroxyl groups is 1. The van der Waals surface area contributed by atoms with Crippen molar-refractivity contribution in [3.05, 3.63) is 23.4 Å². The van der Waals surface area contributed by atoms with Gasteiger partial charge in [0.25, 0.3) is 0 Å². The Hall–Kier alpha value is -0.940. The summed E-state index contributed by atoms with van der Waals surface area (Å²) < 4.78 is 0. The molecule has 0 spiro atoms. The van der Waals surface area contributed by atoms with Crippen LogP contribution in [0, 0.1) is 11.3 Å². The van der Waals surface area contributed by atoms with Gasteiger partial charge in [-0.2, -0.15) is 5.26 Å². The second-order valence-corrected chi connectivity index (χ2v) is 1.38. The van der Waals surface area contributed by atoms with Gasteiger partial charge in [-0.05, 0) is 12.2 Å². The van der Waals surface area contributed by atoms with Crippen molar-refractivity contribution in [2.45, 2.75) is 0 Å². The van der Waals surface area contributed by atoms with Crippen molar-refractivity contribution in [1.82, 2.24) is 0 Å². The largest absolute Gasteiger partial charge is 0.516 e. The first kappa shape index (κ1) is 7.06. The molecule has 0 aromatic heterocycles. The van der Waals surface area contributed by atoms with Crippen LogP contribution in [0.4, 0.5) is 0 Å². The fourth-order valence-corrected chi connectivity index (χ4v) is 0.238. The number of nitrogens with zero attached hydrogens (tertiary/aromatic N) is 1. The van der Waals surface area contributed by atoms with Gasteiger partial charge < -0.3 is 5.11 Å². The van der Waals surface area contributed by atoms with Crippen LogP contribution in [0.25, 0.3) is 0 Å². The number of hydrogen-bond donors (Lipinski definition) is 1. The summed E-state index contributed by atoms with van der Waals surface area (Å²) in [6.07, 6.45) is 3.37. The Kier molecular flexibility index (Phi) is 3.73. The molecule has 0 aliphatic carbocycles. The third-order valence-corrected chi connectivity index (χ3v) is 0.646. The van der Waals surface area contributed by atoms with Gasteiger partial charge in [0.2, 0.25) is 0 Å². The molecular weight excluding hydrogens is 126 g/mol. The maximum atomic E-state index is 8.02. The Bertz CT molecular complexity index is 154. The minimum Gasteiger partial charge on any atom is -0.516 e. The molecule has 0 rings (SSSR count). The minimum absolute atomic E-state index is 0.0512. The summed E-state index contributed by atoms with van der Waals surface area (Å²) in [4.78, 5) is 0. The van der Waals surface area contributed by atoms with Gasteiger partial charge in [-0.3, -0.25) is 0 Å². The summed E-state index contributed by atoms with van der Waals surface area (Å²) in [6, 6.07) is 1.66. The molecule has 0 aromatic carbocycles. The number of hydrogen-bond acceptors (Lipinski definition) is 2. The Morgan fingerprint density at radius 1 is 1.75 bits per heavy atom. The normalized spacial score (nSPS) is 11.8. The molecule has 0 bridgehead atoms. The molecule has 8 heavy (non-hydrogen) atoms. The standard InChI is InChI=1S/C5H4ClNO/c6-5(4-7)2-1-3-8/h1-3,8H/b3-1+,5-2+. The first-order chi connectivity index (χ1) is 3.81. The molecule has 0 aliphatic heterocycles. The van der Waals surface area contributed by atoms with E-state index >= 15 is 0 Å². The van der Waals surface area contributed by atoms with Crippen molar-refractivity contribution >= 4 is 11.6 Å². The van der Waals surface area contributed by atoms with E-state index in [1.54, 1.807) is 6.07 Å². The molecule has 0 amide bonds. The average molecular weight is 130 g/mol. The van der Waals surface area contributed by atoms with Crippen molar-refractivity contribution < 1.29 is 5.11 Å². The summed E-state index contributed by atoms with van der Waals surface area (Å²) in [5.74, 6) is 0. The number of rotatable bonds is 1. The van der Waals surface area contributed by atoms with Gasteiger partial charge in [0.15, 0.2) is 0 Å². The maximum absolute atomic E-state index is 8.02. The van der Waals surface area contributed by atoms with Gasteiger partial charge in [-0.1, -0.05) is 11.6 Å². The SMILES string of the molecule is N#C/C(Cl)=C\C=C\O. The molecule has 0 saturated heterocycles. The second-order valence-electron chi connectivity index (χ2n) is 0.968. The third kappa shape index (κ3) is 3.26. The fraction of sp³-hybridized carbons (Fsp3) is 0. The van der Waals surface area contributed by atoms with Crippen LogP contribution in [0.3, 0.4) is 0 Å². The lowest BCUT2D eigenvalue weighted by Gasteiger charge is -1.71. The highest BCUT2D eigenvalue weighted by Gasteiger charge is 1.78. The van der Waals surface area contributed by atoms with Crippen molar-refractivity contribution in [2.75, 3.05) is 0 Å². The van der Waals surface area contributed by atoms with E-state index in [-0.39, 0.29) is 5.03 Å². The lowest BCUT2D eigenvalue weighted by molar-refractivity contribution is 0.473. The lowest BCUT2D eigenvalue weighted by atomic mass is 10.5. The van der Waals surface area contributed by atoms with Crippen LogP contribution in [-0.2, 0) is 0 Å². The summed E-state index contributed by atoms with van der Waals surface area (Å²) in [5.41, 5.74) is 0. The highest BCUT2D eigenvalue weighted by molar-refractivity contribution is 6.31. The van der Waals surface area contributed by atoms with Gasteiger partial charge in [-0.15, -0.1) is 0 Å². The quantitative estimate of drug-likeness (QED) is 0.333. The average Bonchev–Trinajstić information content (AvgIpc) is 1.83. The molecule has 2 nitrogen and oxygen atoms in total. The molecule has 0 heterocycles. The van der Waals surface area contributed by atoms with Gasteiger partial charge in [-0.25, -0.2) is 0 Å². The van der Waals surface area contributed by atoms with E-state index in [0.29, 0.717) is 0 Å². The van der Waals surface area contributed by atoms with Crippen LogP contribution in [0.1, 0.15) is 0 Å². The van der Waals surface area contributed by atoms with Crippen LogP contribution in [0.15, 0.2) is 23.4 Å². The van der Waals surface area contributed by atoms with E-state index in [2.05, 4.69) is 0 Å². The van der Waals surface area contributed by atoms with Crippen molar-refractivity contribution in [1.29, 1.82) is 5.26 Å². The fourth-order valence-electron chi connectivity index (χ4n) is 0.165. The van der Waals surface area contributed by atoms with E-state index < -0.39 is 0 Å². The zero-order valence-corrected chi connectivity index (χ0v) is 4.76. The van der Waals surface area contributed by atoms with E-state index in [4.69, 9.17) is 22.0 Å². The molecule has 3 heteroatoms. The van der Waals surface area contributed by atoms with E-state index in [9.17, 15) is 0 Å². The van der Waals surface area contributed by atoms with Crippen LogP contribution >= 0.6 is 11.6 Å². The molecular formula is C5H4ClNO. The van der Waals surface area contributed by atoms with Crippen molar-refractivity contribution in [2.24, 2.45) is 0 Å². The molecule has 0 saturated carbocycles. The van der Waals surface area contributed by atoms with Crippen LogP contribution in [0.5, 0.6) is 0 Å². The predicted molar refractivity (Wildman–Crippen MR) is 31.3 cm³/mol. The molecule has 0 fully saturated rings. The molecule has 0 unspecified atom stereocenters. The van der Waals surface area contributed by atoms with E-state index in [0.717, 1.165) is 6.26 Å². The summed E-state index contributed by atoms with van der Waals surface area (Å²) in [5, 5.41) is 16.1. The topological polar surface area (TPSA) is 44.0 Å². The lowest BCUT2D eigenvalue weighted by Crippen LogP contribution is -1.57. The van der Waals surface area contributed by atoms with Crippen LogP contribution in [0.2, 0.25) is 0 Å². The summed E-state index contributed by atoms with van der Waals surface area (Å²) in [7, 11) is 0. The summed E-state index contributed by atoms with van der Waals surface area (Å²) >= 11 is 5.18. The van der Waals surface area contributed by atoms with Crippen LogP contribution < -0.4 is 0 Å². The number of nitriles is 1. The predicted octanol–water partition coefficient (Wildman–Crippen LogP) is 1.70. The second kappa shape index (κ2) is 4.23. The monoisotopic (exact) mass is 129 g/mol. The Balaban J connectivity index is 3.81. The first-order valence-corrected chi connectivity index (χ1v) is 2.25. The molecule has 0 atom stereocenters. The van der Waals surface area contributed by atoms with Gasteiger partial charge >= 0.3 is 0 Å². The number of aliphatic hydroxyl groups excluding tert-OH is 1. The Morgan fingerprint density at radius 3 is 2.75 bits per heavy atom. The van der Waals surface area contributed by atoms with Gasteiger partial charge in [0.1, 0.15) is 11.1 Å². The summed E-state index contributed by atoms with van der Waals surface area (Å²) in [6.45, 7) is 0. The van der Waals surface area contributed by atoms with Crippen molar-refractivity contribution in [3.8, 4) is 6.07 Å². The molecule has 0 radical (unpaired) electrons. The highest BCUT2D eigenvalue weighted by atomic mass is 35.5. The number of halogens is 1. The maximum Gasteiger partial charge on any atom is 0.118 e. The zero-order valence-electron chi connectivity index (χ0n) is 4.00. The number of allylic oxidation sites excluding steroid dienone is 3. The highest BCUT2D eigenvalue weighted by Crippen LogP contribution is 1.96. The van der Waals surface area contributed by atoms with E-state index in [1.807, 2.05) is 0 Å². The zero-order chi connectivity index (χ0) is 6.41.